The maximum Gasteiger partial charge on any atom is 0.0759 e. The molecule has 84 valence electrons. The molecule has 0 atom stereocenters. The van der Waals surface area contributed by atoms with Crippen LogP contribution >= 0.6 is 0 Å². The predicted molar refractivity (Wildman–Crippen MR) is 65.0 cm³/mol. The van der Waals surface area contributed by atoms with E-state index in [0.29, 0.717) is 0 Å². The maximum atomic E-state index is 5.77. The Balaban J connectivity index is 2.60. The number of nitrogens with two attached hydrogens (primary N) is 1. The fraction of sp³-hybridized carbons (Fsp3) is 0.333. The third-order valence-corrected chi connectivity index (χ3v) is 2.72. The van der Waals surface area contributed by atoms with Crippen molar-refractivity contribution in [3.05, 3.63) is 29.7 Å². The summed E-state index contributed by atoms with van der Waals surface area (Å²) >= 11 is 0. The highest BCUT2D eigenvalue weighted by atomic mass is 15.3. The van der Waals surface area contributed by atoms with Crippen LogP contribution < -0.4 is 5.73 Å². The Morgan fingerprint density at radius 3 is 2.69 bits per heavy atom. The van der Waals surface area contributed by atoms with Crippen molar-refractivity contribution in [3.8, 4) is 11.3 Å². The molecule has 0 amide bonds. The van der Waals surface area contributed by atoms with Gasteiger partial charge in [-0.2, -0.15) is 5.10 Å². The molecule has 0 saturated heterocycles. The summed E-state index contributed by atoms with van der Waals surface area (Å²) in [5, 5.41) is 4.47. The predicted octanol–water partition coefficient (Wildman–Crippen LogP) is 2.16. The molecule has 16 heavy (non-hydrogen) atoms. The molecule has 0 bridgehead atoms. The van der Waals surface area contributed by atoms with Crippen LogP contribution in [0.2, 0.25) is 0 Å². The van der Waals surface area contributed by atoms with Crippen LogP contribution in [0.5, 0.6) is 0 Å². The van der Waals surface area contributed by atoms with Crippen LogP contribution in [-0.2, 0) is 6.54 Å². The molecule has 2 aromatic heterocycles. The molecular formula is C12H16N4. The molecule has 0 spiro atoms. The molecule has 2 rings (SSSR count). The summed E-state index contributed by atoms with van der Waals surface area (Å²) in [5.41, 5.74) is 10.6. The van der Waals surface area contributed by atoms with Crippen molar-refractivity contribution in [2.45, 2.75) is 27.3 Å². The van der Waals surface area contributed by atoms with Gasteiger partial charge in [0.1, 0.15) is 0 Å². The van der Waals surface area contributed by atoms with Crippen LogP contribution in [0.15, 0.2) is 18.3 Å². The second kappa shape index (κ2) is 3.96. The lowest BCUT2D eigenvalue weighted by Gasteiger charge is -2.03. The molecule has 2 N–H and O–H groups in total. The third kappa shape index (κ3) is 1.66. The van der Waals surface area contributed by atoms with Gasteiger partial charge in [-0.25, -0.2) is 0 Å². The number of nitrogens with zero attached hydrogens (tertiary/aromatic N) is 3. The quantitative estimate of drug-likeness (QED) is 0.837. The number of aromatic nitrogens is 3. The zero-order valence-electron chi connectivity index (χ0n) is 9.86. The van der Waals surface area contributed by atoms with E-state index in [1.54, 1.807) is 12.3 Å². The fourth-order valence-electron chi connectivity index (χ4n) is 1.96. The summed E-state index contributed by atoms with van der Waals surface area (Å²) < 4.78 is 1.98. The average molecular weight is 216 g/mol. The number of hydrogen-bond donors (Lipinski definition) is 1. The number of hydrogen-bond acceptors (Lipinski definition) is 3. The Morgan fingerprint density at radius 1 is 1.38 bits per heavy atom. The molecule has 0 aliphatic heterocycles. The normalized spacial score (nSPS) is 10.7. The van der Waals surface area contributed by atoms with Crippen molar-refractivity contribution in [1.29, 1.82) is 0 Å². The lowest BCUT2D eigenvalue weighted by Crippen LogP contribution is -1.98. The van der Waals surface area contributed by atoms with Crippen molar-refractivity contribution < 1.29 is 0 Å². The van der Waals surface area contributed by atoms with Crippen LogP contribution in [0.4, 0.5) is 5.69 Å². The van der Waals surface area contributed by atoms with Gasteiger partial charge in [-0.15, -0.1) is 0 Å². The minimum Gasteiger partial charge on any atom is -0.399 e. The monoisotopic (exact) mass is 216 g/mol. The fourth-order valence-corrected chi connectivity index (χ4v) is 1.96. The molecule has 0 unspecified atom stereocenters. The third-order valence-electron chi connectivity index (χ3n) is 2.72. The van der Waals surface area contributed by atoms with Crippen LogP contribution in [0.25, 0.3) is 11.3 Å². The minimum absolute atomic E-state index is 0.730. The summed E-state index contributed by atoms with van der Waals surface area (Å²) in [6.45, 7) is 7.01. The second-order valence-electron chi connectivity index (χ2n) is 3.84. The summed E-state index contributed by atoms with van der Waals surface area (Å²) in [6.07, 6.45) is 1.73. The number of anilines is 1. The van der Waals surface area contributed by atoms with Gasteiger partial charge in [-0.1, -0.05) is 0 Å². The van der Waals surface area contributed by atoms with Gasteiger partial charge in [0.2, 0.25) is 0 Å². The highest BCUT2D eigenvalue weighted by Gasteiger charge is 2.13. The molecule has 4 heteroatoms. The Labute approximate surface area is 95.1 Å². The van der Waals surface area contributed by atoms with E-state index in [9.17, 15) is 0 Å². The molecular weight excluding hydrogens is 200 g/mol. The van der Waals surface area contributed by atoms with Crippen LogP contribution in [0.1, 0.15) is 18.3 Å². The van der Waals surface area contributed by atoms with E-state index in [0.717, 1.165) is 34.9 Å². The maximum absolute atomic E-state index is 5.77. The SMILES string of the molecule is CCn1nc(C)c(-c2cc(N)ccn2)c1C. The minimum atomic E-state index is 0.730. The van der Waals surface area contributed by atoms with Crippen molar-refractivity contribution in [2.24, 2.45) is 0 Å². The number of nitrogen functional groups attached to an aromatic ring is 1. The van der Waals surface area contributed by atoms with Gasteiger partial charge < -0.3 is 5.73 Å². The van der Waals surface area contributed by atoms with E-state index >= 15 is 0 Å². The van der Waals surface area contributed by atoms with E-state index in [4.69, 9.17) is 5.73 Å². The van der Waals surface area contributed by atoms with Gasteiger partial charge in [0.25, 0.3) is 0 Å². The van der Waals surface area contributed by atoms with Gasteiger partial charge in [-0.3, -0.25) is 9.67 Å². The van der Waals surface area contributed by atoms with Crippen LogP contribution in [0, 0.1) is 13.8 Å². The first kappa shape index (κ1) is 10.7. The van der Waals surface area contributed by atoms with Gasteiger partial charge >= 0.3 is 0 Å². The summed E-state index contributed by atoms with van der Waals surface area (Å²) in [7, 11) is 0. The molecule has 2 aromatic rings. The van der Waals surface area contributed by atoms with Gasteiger partial charge in [0, 0.05) is 29.7 Å². The van der Waals surface area contributed by atoms with Crippen molar-refractivity contribution in [2.75, 3.05) is 5.73 Å². The smallest absolute Gasteiger partial charge is 0.0759 e. The van der Waals surface area contributed by atoms with Crippen LogP contribution in [0.3, 0.4) is 0 Å². The first-order valence-electron chi connectivity index (χ1n) is 5.39. The zero-order chi connectivity index (χ0) is 11.7. The number of rotatable bonds is 2. The highest BCUT2D eigenvalue weighted by molar-refractivity contribution is 5.67. The van der Waals surface area contributed by atoms with Crippen molar-refractivity contribution in [3.63, 3.8) is 0 Å². The molecule has 0 saturated carbocycles. The van der Waals surface area contributed by atoms with Gasteiger partial charge in [0.05, 0.1) is 11.4 Å². The van der Waals surface area contributed by atoms with E-state index in [-0.39, 0.29) is 0 Å². The Kier molecular flexibility index (Phi) is 2.64. The van der Waals surface area contributed by atoms with Gasteiger partial charge in [-0.05, 0) is 32.9 Å². The molecule has 0 fully saturated rings. The Bertz CT molecular complexity index is 514. The molecule has 0 aromatic carbocycles. The Morgan fingerprint density at radius 2 is 2.12 bits per heavy atom. The molecule has 2 heterocycles. The van der Waals surface area contributed by atoms with Crippen LogP contribution in [-0.4, -0.2) is 14.8 Å². The largest absolute Gasteiger partial charge is 0.399 e. The van der Waals surface area contributed by atoms with E-state index in [2.05, 4.69) is 23.9 Å². The Hall–Kier alpha value is -1.84. The second-order valence-corrected chi connectivity index (χ2v) is 3.84. The number of aryl methyl sites for hydroxylation is 2. The standard InChI is InChI=1S/C12H16N4/c1-4-16-9(3)12(8(2)15-16)11-7-10(13)5-6-14-11/h5-7H,4H2,1-3H3,(H2,13,14). The van der Waals surface area contributed by atoms with E-state index in [1.165, 1.54) is 0 Å². The highest BCUT2D eigenvalue weighted by Crippen LogP contribution is 2.26. The summed E-state index contributed by atoms with van der Waals surface area (Å²) in [5.74, 6) is 0. The molecule has 0 aliphatic rings. The molecule has 4 nitrogen and oxygen atoms in total. The topological polar surface area (TPSA) is 56.7 Å². The van der Waals surface area contributed by atoms with E-state index in [1.807, 2.05) is 17.7 Å². The lowest BCUT2D eigenvalue weighted by atomic mass is 10.1. The first-order valence-corrected chi connectivity index (χ1v) is 5.39. The zero-order valence-corrected chi connectivity index (χ0v) is 9.86. The van der Waals surface area contributed by atoms with Crippen molar-refractivity contribution in [1.82, 2.24) is 14.8 Å². The summed E-state index contributed by atoms with van der Waals surface area (Å²) in [4.78, 5) is 4.35. The van der Waals surface area contributed by atoms with E-state index < -0.39 is 0 Å². The molecule has 0 aliphatic carbocycles. The van der Waals surface area contributed by atoms with Crippen molar-refractivity contribution >= 4 is 5.69 Å². The average Bonchev–Trinajstić information content (AvgIpc) is 2.53. The summed E-state index contributed by atoms with van der Waals surface area (Å²) in [6, 6.07) is 3.68. The first-order chi connectivity index (χ1) is 7.63. The molecule has 0 radical (unpaired) electrons. The lowest BCUT2D eigenvalue weighted by molar-refractivity contribution is 0.634. The number of pyridine rings is 1. The van der Waals surface area contributed by atoms with Gasteiger partial charge in [0.15, 0.2) is 0 Å².